The lowest BCUT2D eigenvalue weighted by atomic mass is 9.81. The summed E-state index contributed by atoms with van der Waals surface area (Å²) in [6.45, 7) is 3.41. The van der Waals surface area contributed by atoms with Gasteiger partial charge in [-0.05, 0) is 50.7 Å². The Bertz CT molecular complexity index is 612. The number of aromatic nitrogens is 2. The van der Waals surface area contributed by atoms with Gasteiger partial charge in [0.25, 0.3) is 0 Å². The van der Waals surface area contributed by atoms with Crippen molar-refractivity contribution in [3.8, 4) is 0 Å². The van der Waals surface area contributed by atoms with Gasteiger partial charge in [-0.2, -0.15) is 0 Å². The van der Waals surface area contributed by atoms with Crippen LogP contribution in [0.4, 0.5) is 0 Å². The molecule has 3 rings (SSSR count). The number of amides is 1. The molecular weight excluding hydrogens is 290 g/mol. The van der Waals surface area contributed by atoms with E-state index in [0.29, 0.717) is 18.4 Å². The van der Waals surface area contributed by atoms with Crippen LogP contribution in [0.5, 0.6) is 0 Å². The molecule has 1 aliphatic carbocycles. The molecule has 0 saturated heterocycles. The molecule has 2 N–H and O–H groups in total. The number of carbonyl (C=O) groups is 1. The van der Waals surface area contributed by atoms with E-state index in [4.69, 9.17) is 9.72 Å². The fourth-order valence-electron chi connectivity index (χ4n) is 3.31. The van der Waals surface area contributed by atoms with Crippen molar-refractivity contribution in [2.24, 2.45) is 5.92 Å². The molecule has 0 bridgehead atoms. The molecule has 1 amide bonds. The number of rotatable bonds is 6. The van der Waals surface area contributed by atoms with Crippen LogP contribution in [0.2, 0.25) is 0 Å². The predicted octanol–water partition coefficient (Wildman–Crippen LogP) is 2.99. The first-order valence-electron chi connectivity index (χ1n) is 8.55. The van der Waals surface area contributed by atoms with Crippen molar-refractivity contribution in [3.05, 3.63) is 30.1 Å². The molecule has 1 fully saturated rings. The first kappa shape index (κ1) is 16.0. The van der Waals surface area contributed by atoms with Crippen LogP contribution in [0.3, 0.4) is 0 Å². The minimum Gasteiger partial charge on any atom is -0.372 e. The van der Waals surface area contributed by atoms with Crippen molar-refractivity contribution in [1.82, 2.24) is 15.3 Å². The number of aromatic amines is 1. The molecule has 0 aliphatic heterocycles. The van der Waals surface area contributed by atoms with Crippen molar-refractivity contribution < 1.29 is 9.53 Å². The van der Waals surface area contributed by atoms with Gasteiger partial charge in [-0.1, -0.05) is 12.1 Å². The molecule has 0 spiro atoms. The summed E-state index contributed by atoms with van der Waals surface area (Å²) in [5, 5.41) is 2.98. The minimum atomic E-state index is -0.00809. The number of fused-ring (bicyclic) bond motifs is 1. The number of ether oxygens (including phenoxy) is 1. The molecule has 1 aromatic heterocycles. The van der Waals surface area contributed by atoms with Gasteiger partial charge in [0.2, 0.25) is 5.91 Å². The summed E-state index contributed by atoms with van der Waals surface area (Å²) in [5.74, 6) is 2.19. The third-order valence-corrected chi connectivity index (χ3v) is 4.67. The van der Waals surface area contributed by atoms with E-state index in [1.165, 1.54) is 0 Å². The number of nitrogens with zero attached hydrogens (tertiary/aromatic N) is 1. The fourth-order valence-corrected chi connectivity index (χ4v) is 3.31. The van der Waals surface area contributed by atoms with Crippen LogP contribution < -0.4 is 5.32 Å². The molecule has 0 atom stereocenters. The average molecular weight is 315 g/mol. The molecule has 0 unspecified atom stereocenters. The number of hydrogen-bond donors (Lipinski definition) is 2. The topological polar surface area (TPSA) is 67.0 Å². The van der Waals surface area contributed by atoms with Crippen molar-refractivity contribution in [3.63, 3.8) is 0 Å². The highest BCUT2D eigenvalue weighted by Gasteiger charge is 2.24. The summed E-state index contributed by atoms with van der Waals surface area (Å²) in [7, 11) is 0. The van der Waals surface area contributed by atoms with Crippen molar-refractivity contribution in [2.45, 2.75) is 38.5 Å². The predicted molar refractivity (Wildman–Crippen MR) is 90.3 cm³/mol. The maximum atomic E-state index is 11.6. The van der Waals surface area contributed by atoms with Crippen LogP contribution in [0.15, 0.2) is 24.3 Å². The highest BCUT2D eigenvalue weighted by molar-refractivity contribution is 5.77. The number of carbonyl (C=O) groups excluding carboxylic acids is 1. The van der Waals surface area contributed by atoms with Gasteiger partial charge in [-0.25, -0.2) is 4.98 Å². The number of para-hydroxylation sites is 2. The van der Waals surface area contributed by atoms with E-state index in [2.05, 4.69) is 22.4 Å². The van der Waals surface area contributed by atoms with Crippen molar-refractivity contribution in [2.75, 3.05) is 19.8 Å². The third-order valence-electron chi connectivity index (χ3n) is 4.67. The Labute approximate surface area is 136 Å². The monoisotopic (exact) mass is 315 g/mol. The van der Waals surface area contributed by atoms with E-state index < -0.39 is 0 Å². The van der Waals surface area contributed by atoms with E-state index >= 15 is 0 Å². The highest BCUT2D eigenvalue weighted by Crippen LogP contribution is 2.34. The second-order valence-corrected chi connectivity index (χ2v) is 6.30. The second kappa shape index (κ2) is 7.59. The lowest BCUT2D eigenvalue weighted by Crippen LogP contribution is -2.33. The van der Waals surface area contributed by atoms with Gasteiger partial charge in [-0.3, -0.25) is 4.79 Å². The van der Waals surface area contributed by atoms with E-state index in [0.717, 1.165) is 49.1 Å². The molecule has 23 heavy (non-hydrogen) atoms. The van der Waals surface area contributed by atoms with Crippen LogP contribution in [0.1, 0.15) is 44.3 Å². The average Bonchev–Trinajstić information content (AvgIpc) is 3.02. The number of imidazole rings is 1. The third kappa shape index (κ3) is 4.10. The molecule has 1 saturated carbocycles. The van der Waals surface area contributed by atoms with E-state index in [1.807, 2.05) is 19.1 Å². The largest absolute Gasteiger partial charge is 0.372 e. The van der Waals surface area contributed by atoms with E-state index in [-0.39, 0.29) is 12.5 Å². The zero-order valence-electron chi connectivity index (χ0n) is 13.7. The molecule has 5 nitrogen and oxygen atoms in total. The zero-order valence-corrected chi connectivity index (χ0v) is 13.7. The smallest absolute Gasteiger partial charge is 0.246 e. The number of benzene rings is 1. The normalized spacial score (nSPS) is 21.4. The van der Waals surface area contributed by atoms with Gasteiger partial charge in [-0.15, -0.1) is 0 Å². The first-order chi connectivity index (χ1) is 11.3. The summed E-state index contributed by atoms with van der Waals surface area (Å²) in [6, 6.07) is 8.18. The van der Waals surface area contributed by atoms with Crippen LogP contribution in [-0.4, -0.2) is 35.6 Å². The Kier molecular flexibility index (Phi) is 5.28. The molecule has 2 aromatic rings. The Morgan fingerprint density at radius 1 is 1.30 bits per heavy atom. The van der Waals surface area contributed by atoms with Gasteiger partial charge >= 0.3 is 0 Å². The number of hydrogen-bond acceptors (Lipinski definition) is 3. The quantitative estimate of drug-likeness (QED) is 0.861. The Balaban J connectivity index is 1.47. The SMILES string of the molecule is CCOCC(=O)NCC1CCC(c2nc3ccccc3[nH]2)CC1. The van der Waals surface area contributed by atoms with Gasteiger partial charge in [0.1, 0.15) is 12.4 Å². The standard InChI is InChI=1S/C18H25N3O2/c1-2-23-12-17(22)19-11-13-7-9-14(10-8-13)18-20-15-5-3-4-6-16(15)21-18/h3-6,13-14H,2,7-12H2,1H3,(H,19,22)(H,20,21). The summed E-state index contributed by atoms with van der Waals surface area (Å²) in [4.78, 5) is 19.8. The molecule has 5 heteroatoms. The van der Waals surface area contributed by atoms with E-state index in [1.54, 1.807) is 0 Å². The first-order valence-corrected chi connectivity index (χ1v) is 8.55. The molecule has 1 aromatic carbocycles. The van der Waals surface area contributed by atoms with Crippen LogP contribution in [-0.2, 0) is 9.53 Å². The summed E-state index contributed by atoms with van der Waals surface area (Å²) in [6.07, 6.45) is 4.53. The Morgan fingerprint density at radius 2 is 2.09 bits per heavy atom. The molecule has 124 valence electrons. The van der Waals surface area contributed by atoms with Crippen LogP contribution in [0.25, 0.3) is 11.0 Å². The van der Waals surface area contributed by atoms with Crippen molar-refractivity contribution in [1.29, 1.82) is 0 Å². The Hall–Kier alpha value is -1.88. The molecule has 0 radical (unpaired) electrons. The summed E-state index contributed by atoms with van der Waals surface area (Å²) in [5.41, 5.74) is 2.17. The van der Waals surface area contributed by atoms with Crippen LogP contribution >= 0.6 is 0 Å². The molecular formula is C18H25N3O2. The highest BCUT2D eigenvalue weighted by atomic mass is 16.5. The van der Waals surface area contributed by atoms with Crippen molar-refractivity contribution >= 4 is 16.9 Å². The Morgan fingerprint density at radius 3 is 2.83 bits per heavy atom. The molecule has 1 heterocycles. The van der Waals surface area contributed by atoms with Gasteiger partial charge in [0.15, 0.2) is 0 Å². The van der Waals surface area contributed by atoms with Gasteiger partial charge < -0.3 is 15.0 Å². The summed E-state index contributed by atoms with van der Waals surface area (Å²) < 4.78 is 5.11. The maximum Gasteiger partial charge on any atom is 0.246 e. The molecule has 1 aliphatic rings. The maximum absolute atomic E-state index is 11.6. The number of H-pyrrole nitrogens is 1. The number of nitrogens with one attached hydrogen (secondary N) is 2. The summed E-state index contributed by atoms with van der Waals surface area (Å²) >= 11 is 0. The lowest BCUT2D eigenvalue weighted by Gasteiger charge is -2.27. The van der Waals surface area contributed by atoms with Crippen LogP contribution in [0, 0.1) is 5.92 Å². The second-order valence-electron chi connectivity index (χ2n) is 6.30. The fraction of sp³-hybridized carbons (Fsp3) is 0.556. The lowest BCUT2D eigenvalue weighted by molar-refractivity contribution is -0.125. The van der Waals surface area contributed by atoms with E-state index in [9.17, 15) is 4.79 Å². The zero-order chi connectivity index (χ0) is 16.1. The van der Waals surface area contributed by atoms with Gasteiger partial charge in [0.05, 0.1) is 11.0 Å². The van der Waals surface area contributed by atoms with Gasteiger partial charge in [0, 0.05) is 19.1 Å². The minimum absolute atomic E-state index is 0.00809.